The third-order valence-corrected chi connectivity index (χ3v) is 4.92. The maximum Gasteiger partial charge on any atom is 0.123 e. The highest BCUT2D eigenvalue weighted by Crippen LogP contribution is 2.39. The summed E-state index contributed by atoms with van der Waals surface area (Å²) in [5.74, 6) is 1.88. The molecule has 0 amide bonds. The molecule has 1 N–H and O–H groups in total. The highest BCUT2D eigenvalue weighted by molar-refractivity contribution is 5.41. The molecule has 2 unspecified atom stereocenters. The van der Waals surface area contributed by atoms with E-state index in [2.05, 4.69) is 37.4 Å². The molecule has 3 heteroatoms. The van der Waals surface area contributed by atoms with Gasteiger partial charge in [-0.2, -0.15) is 0 Å². The summed E-state index contributed by atoms with van der Waals surface area (Å²) in [4.78, 5) is 0. The fourth-order valence-corrected chi connectivity index (χ4v) is 3.74. The lowest BCUT2D eigenvalue weighted by atomic mass is 10.00. The van der Waals surface area contributed by atoms with Gasteiger partial charge in [-0.05, 0) is 56.2 Å². The maximum atomic E-state index is 5.94. The minimum atomic E-state index is -0.0508. The Hall–Kier alpha value is -1.06. The number of hydrogen-bond acceptors (Lipinski definition) is 3. The molecular weight excluding hydrogens is 262 g/mol. The van der Waals surface area contributed by atoms with Crippen LogP contribution in [0.1, 0.15) is 44.2 Å². The van der Waals surface area contributed by atoms with Crippen molar-refractivity contribution in [3.8, 4) is 5.75 Å². The minimum Gasteiger partial charge on any atom is -0.487 e. The fraction of sp³-hybridized carbons (Fsp3) is 0.667. The molecule has 2 atom stereocenters. The van der Waals surface area contributed by atoms with Gasteiger partial charge >= 0.3 is 0 Å². The average molecular weight is 287 g/mol. The number of hydrogen-bond donors (Lipinski definition) is 1. The zero-order valence-corrected chi connectivity index (χ0v) is 13.0. The third kappa shape index (κ3) is 2.82. The molecule has 2 fully saturated rings. The lowest BCUT2D eigenvalue weighted by Gasteiger charge is -2.19. The van der Waals surface area contributed by atoms with E-state index in [9.17, 15) is 0 Å². The summed E-state index contributed by atoms with van der Waals surface area (Å²) < 4.78 is 11.8. The summed E-state index contributed by atoms with van der Waals surface area (Å²) in [5.41, 5.74) is 2.65. The van der Waals surface area contributed by atoms with Gasteiger partial charge in [0.05, 0.1) is 6.10 Å². The number of nitrogens with one attached hydrogen (secondary N) is 1. The van der Waals surface area contributed by atoms with Crippen molar-refractivity contribution in [1.29, 1.82) is 0 Å². The van der Waals surface area contributed by atoms with Crippen LogP contribution in [0.2, 0.25) is 0 Å². The molecule has 3 aliphatic rings. The second-order valence-corrected chi connectivity index (χ2v) is 7.43. The molecule has 1 saturated carbocycles. The van der Waals surface area contributed by atoms with Crippen LogP contribution in [0.3, 0.4) is 0 Å². The molecule has 0 bridgehead atoms. The van der Waals surface area contributed by atoms with E-state index in [1.807, 2.05) is 0 Å². The van der Waals surface area contributed by atoms with Crippen LogP contribution < -0.4 is 10.1 Å². The van der Waals surface area contributed by atoms with Crippen molar-refractivity contribution in [2.24, 2.45) is 5.92 Å². The predicted molar refractivity (Wildman–Crippen MR) is 82.6 cm³/mol. The first kappa shape index (κ1) is 13.6. The highest BCUT2D eigenvalue weighted by atomic mass is 16.5. The Bertz CT molecular complexity index is 536. The van der Waals surface area contributed by atoms with Crippen molar-refractivity contribution in [2.45, 2.75) is 63.8 Å². The maximum absolute atomic E-state index is 5.94. The second kappa shape index (κ2) is 4.99. The Morgan fingerprint density at radius 2 is 2.10 bits per heavy atom. The van der Waals surface area contributed by atoms with Gasteiger partial charge < -0.3 is 14.8 Å². The van der Waals surface area contributed by atoms with Gasteiger partial charge in [0, 0.05) is 25.6 Å². The van der Waals surface area contributed by atoms with Crippen LogP contribution in [0.25, 0.3) is 0 Å². The van der Waals surface area contributed by atoms with Gasteiger partial charge in [-0.3, -0.25) is 0 Å². The molecule has 0 spiro atoms. The Balaban J connectivity index is 1.39. The SMILES string of the molecule is CC1(C)Cc2cc(CNC3CCOC3C3CC3)ccc2O1. The van der Waals surface area contributed by atoms with Crippen molar-refractivity contribution in [2.75, 3.05) is 6.61 Å². The van der Waals surface area contributed by atoms with E-state index in [-0.39, 0.29) is 5.60 Å². The second-order valence-electron chi connectivity index (χ2n) is 7.43. The zero-order chi connectivity index (χ0) is 14.4. The molecule has 0 aromatic heterocycles. The molecule has 1 aromatic rings. The Morgan fingerprint density at radius 1 is 1.24 bits per heavy atom. The van der Waals surface area contributed by atoms with Crippen LogP contribution in [0.5, 0.6) is 5.75 Å². The first-order valence-electron chi connectivity index (χ1n) is 8.26. The quantitative estimate of drug-likeness (QED) is 0.923. The van der Waals surface area contributed by atoms with Gasteiger partial charge in [-0.25, -0.2) is 0 Å². The standard InChI is InChI=1S/C18H25NO2/c1-18(2)10-14-9-12(3-6-16(14)21-18)11-19-15-7-8-20-17(15)13-4-5-13/h3,6,9,13,15,17,19H,4-5,7-8,10-11H2,1-2H3. The fourth-order valence-electron chi connectivity index (χ4n) is 3.74. The van der Waals surface area contributed by atoms with E-state index in [4.69, 9.17) is 9.47 Å². The molecule has 1 aromatic carbocycles. The largest absolute Gasteiger partial charge is 0.487 e. The first-order chi connectivity index (χ1) is 10.1. The minimum absolute atomic E-state index is 0.0508. The normalized spacial score (nSPS) is 30.2. The molecule has 21 heavy (non-hydrogen) atoms. The molecule has 4 rings (SSSR count). The van der Waals surface area contributed by atoms with Crippen LogP contribution in [-0.4, -0.2) is 24.4 Å². The van der Waals surface area contributed by atoms with Crippen LogP contribution in [0.4, 0.5) is 0 Å². The van der Waals surface area contributed by atoms with E-state index in [1.54, 1.807) is 0 Å². The van der Waals surface area contributed by atoms with Gasteiger partial charge in [-0.15, -0.1) is 0 Å². The Kier molecular flexibility index (Phi) is 3.23. The molecular formula is C18H25NO2. The number of ether oxygens (including phenoxy) is 2. The first-order valence-corrected chi connectivity index (χ1v) is 8.26. The summed E-state index contributed by atoms with van der Waals surface area (Å²) >= 11 is 0. The van der Waals surface area contributed by atoms with E-state index in [1.165, 1.54) is 24.0 Å². The van der Waals surface area contributed by atoms with Gasteiger partial charge in [0.25, 0.3) is 0 Å². The smallest absolute Gasteiger partial charge is 0.123 e. The van der Waals surface area contributed by atoms with Crippen LogP contribution in [0, 0.1) is 5.92 Å². The number of benzene rings is 1. The number of rotatable bonds is 4. The van der Waals surface area contributed by atoms with Crippen LogP contribution in [0.15, 0.2) is 18.2 Å². The molecule has 1 saturated heterocycles. The van der Waals surface area contributed by atoms with E-state index in [0.29, 0.717) is 12.1 Å². The zero-order valence-electron chi connectivity index (χ0n) is 13.0. The molecule has 114 valence electrons. The summed E-state index contributed by atoms with van der Waals surface area (Å²) in [5, 5.41) is 3.72. The summed E-state index contributed by atoms with van der Waals surface area (Å²) in [6.07, 6.45) is 5.33. The lowest BCUT2D eigenvalue weighted by molar-refractivity contribution is 0.0809. The molecule has 3 nitrogen and oxygen atoms in total. The summed E-state index contributed by atoms with van der Waals surface area (Å²) in [6, 6.07) is 7.16. The lowest BCUT2D eigenvalue weighted by Crippen LogP contribution is -2.37. The van der Waals surface area contributed by atoms with Gasteiger partial charge in [0.15, 0.2) is 0 Å². The predicted octanol–water partition coefficient (Wildman–Crippen LogP) is 3.06. The Morgan fingerprint density at radius 3 is 2.90 bits per heavy atom. The van der Waals surface area contributed by atoms with E-state index in [0.717, 1.165) is 37.7 Å². The van der Waals surface area contributed by atoms with Crippen molar-refractivity contribution in [3.63, 3.8) is 0 Å². The van der Waals surface area contributed by atoms with Crippen LogP contribution >= 0.6 is 0 Å². The molecule has 2 heterocycles. The Labute approximate surface area is 127 Å². The van der Waals surface area contributed by atoms with Crippen molar-refractivity contribution < 1.29 is 9.47 Å². The van der Waals surface area contributed by atoms with Gasteiger partial charge in [-0.1, -0.05) is 12.1 Å². The molecule has 2 aliphatic heterocycles. The third-order valence-electron chi connectivity index (χ3n) is 4.92. The summed E-state index contributed by atoms with van der Waals surface area (Å²) in [7, 11) is 0. The van der Waals surface area contributed by atoms with E-state index >= 15 is 0 Å². The molecule has 1 aliphatic carbocycles. The number of fused-ring (bicyclic) bond motifs is 1. The average Bonchev–Trinajstić information content (AvgIpc) is 3.08. The summed E-state index contributed by atoms with van der Waals surface area (Å²) in [6.45, 7) is 6.16. The van der Waals surface area contributed by atoms with Crippen molar-refractivity contribution in [3.05, 3.63) is 29.3 Å². The van der Waals surface area contributed by atoms with Gasteiger partial charge in [0.1, 0.15) is 11.4 Å². The van der Waals surface area contributed by atoms with Crippen LogP contribution in [-0.2, 0) is 17.7 Å². The topological polar surface area (TPSA) is 30.5 Å². The van der Waals surface area contributed by atoms with Gasteiger partial charge in [0.2, 0.25) is 0 Å². The van der Waals surface area contributed by atoms with Crippen molar-refractivity contribution >= 4 is 0 Å². The van der Waals surface area contributed by atoms with Crippen molar-refractivity contribution in [1.82, 2.24) is 5.32 Å². The highest BCUT2D eigenvalue weighted by Gasteiger charge is 2.40. The van der Waals surface area contributed by atoms with E-state index < -0.39 is 0 Å². The molecule has 0 radical (unpaired) electrons. The monoisotopic (exact) mass is 287 g/mol.